The molecular weight excluding hydrogens is 410 g/mol. The maximum Gasteiger partial charge on any atom is 0.414 e. The Morgan fingerprint density at radius 1 is 1.03 bits per heavy atom. The molecule has 2 heterocycles. The molecule has 1 fully saturated rings. The molecule has 8 nitrogen and oxygen atoms in total. The lowest BCUT2D eigenvalue weighted by Crippen LogP contribution is -2.44. The summed E-state index contributed by atoms with van der Waals surface area (Å²) >= 11 is 6.03. The first-order valence-electron chi connectivity index (χ1n) is 9.20. The molecule has 0 spiro atoms. The first kappa shape index (κ1) is 21.5. The van der Waals surface area contributed by atoms with Gasteiger partial charge < -0.3 is 14.7 Å². The Morgan fingerprint density at radius 2 is 1.70 bits per heavy atom. The van der Waals surface area contributed by atoms with Gasteiger partial charge in [-0.15, -0.1) is 0 Å². The molecule has 0 bridgehead atoms. The molecule has 1 saturated heterocycles. The third kappa shape index (κ3) is 6.13. The topological polar surface area (TPSA) is 117 Å². The summed E-state index contributed by atoms with van der Waals surface area (Å²) < 4.78 is 5.45. The molecule has 2 aromatic carbocycles. The van der Waals surface area contributed by atoms with Gasteiger partial charge in [-0.05, 0) is 23.3 Å². The summed E-state index contributed by atoms with van der Waals surface area (Å²) in [5.41, 5.74) is 2.43. The van der Waals surface area contributed by atoms with Gasteiger partial charge in [0.25, 0.3) is 0 Å². The van der Waals surface area contributed by atoms with Gasteiger partial charge in [-0.25, -0.2) is 9.59 Å². The molecule has 4 rings (SSSR count). The minimum atomic E-state index is -1.82. The minimum absolute atomic E-state index is 0.334. The van der Waals surface area contributed by atoms with Gasteiger partial charge >= 0.3 is 11.9 Å². The van der Waals surface area contributed by atoms with Crippen molar-refractivity contribution in [3.05, 3.63) is 82.5 Å². The Labute approximate surface area is 177 Å². The smallest absolute Gasteiger partial charge is 0.414 e. The number of hydrogen-bond acceptors (Lipinski definition) is 6. The van der Waals surface area contributed by atoms with Crippen LogP contribution in [0.1, 0.15) is 28.8 Å². The zero-order valence-electron chi connectivity index (χ0n) is 15.9. The Bertz CT molecular complexity index is 991. The van der Waals surface area contributed by atoms with Crippen molar-refractivity contribution in [3.63, 3.8) is 0 Å². The van der Waals surface area contributed by atoms with E-state index in [1.165, 1.54) is 11.1 Å². The fourth-order valence-corrected chi connectivity index (χ4v) is 3.25. The number of rotatable bonds is 5. The lowest BCUT2D eigenvalue weighted by Gasteiger charge is -2.37. The molecule has 0 saturated carbocycles. The van der Waals surface area contributed by atoms with E-state index in [1.807, 2.05) is 36.4 Å². The van der Waals surface area contributed by atoms with Gasteiger partial charge in [0, 0.05) is 31.1 Å². The lowest BCUT2D eigenvalue weighted by molar-refractivity contribution is -0.159. The number of halogens is 1. The van der Waals surface area contributed by atoms with E-state index in [-0.39, 0.29) is 0 Å². The second kappa shape index (κ2) is 10.00. The highest BCUT2D eigenvalue weighted by molar-refractivity contribution is 6.30. The molecule has 2 N–H and O–H groups in total. The number of benzene rings is 2. The van der Waals surface area contributed by atoms with Crippen molar-refractivity contribution in [1.82, 2.24) is 15.0 Å². The number of hydrogen-bond donors (Lipinski definition) is 2. The van der Waals surface area contributed by atoms with Crippen LogP contribution in [0, 0.1) is 0 Å². The summed E-state index contributed by atoms with van der Waals surface area (Å²) in [6.07, 6.45) is 0.712. The summed E-state index contributed by atoms with van der Waals surface area (Å²) in [6, 6.07) is 18.2. The number of carbonyl (C=O) groups is 2. The maximum atomic E-state index is 9.10. The molecular formula is C21H20ClN3O5. The van der Waals surface area contributed by atoms with Gasteiger partial charge in [-0.3, -0.25) is 4.90 Å². The van der Waals surface area contributed by atoms with Crippen LogP contribution >= 0.6 is 11.6 Å². The van der Waals surface area contributed by atoms with E-state index in [0.29, 0.717) is 12.3 Å². The summed E-state index contributed by atoms with van der Waals surface area (Å²) in [7, 11) is 0. The van der Waals surface area contributed by atoms with Crippen molar-refractivity contribution in [2.45, 2.75) is 18.9 Å². The molecule has 1 aliphatic rings. The molecule has 1 aliphatic heterocycles. The van der Waals surface area contributed by atoms with E-state index in [9.17, 15) is 0 Å². The van der Waals surface area contributed by atoms with Gasteiger partial charge in [0.1, 0.15) is 0 Å². The zero-order chi connectivity index (χ0) is 21.5. The largest absolute Gasteiger partial charge is 0.473 e. The average molecular weight is 430 g/mol. The third-order valence-corrected chi connectivity index (χ3v) is 4.71. The van der Waals surface area contributed by atoms with Crippen molar-refractivity contribution >= 4 is 23.5 Å². The maximum absolute atomic E-state index is 9.10. The number of aliphatic carboxylic acids is 2. The van der Waals surface area contributed by atoms with Crippen molar-refractivity contribution in [1.29, 1.82) is 0 Å². The van der Waals surface area contributed by atoms with Crippen LogP contribution in [0.4, 0.5) is 0 Å². The molecule has 0 atom stereocenters. The Kier molecular flexibility index (Phi) is 7.16. The van der Waals surface area contributed by atoms with E-state index < -0.39 is 11.9 Å². The van der Waals surface area contributed by atoms with Crippen LogP contribution in [0.25, 0.3) is 0 Å². The van der Waals surface area contributed by atoms with Gasteiger partial charge in [0.2, 0.25) is 5.89 Å². The van der Waals surface area contributed by atoms with E-state index in [4.69, 9.17) is 35.9 Å². The number of nitrogens with zero attached hydrogens (tertiary/aromatic N) is 3. The minimum Gasteiger partial charge on any atom is -0.473 e. The first-order chi connectivity index (χ1) is 14.4. The summed E-state index contributed by atoms with van der Waals surface area (Å²) in [6.45, 7) is 2.79. The zero-order valence-corrected chi connectivity index (χ0v) is 16.7. The molecule has 156 valence electrons. The standard InChI is InChI=1S/C19H18ClN3O.C2H2O4/c20-17-8-4-7-15(9-17)11-23-12-16(13-23)19-21-18(22-24-19)10-14-5-2-1-3-6-14;3-1(4)2(5)6/h1-9,16H,10-13H2;(H,3,4)(H,5,6). The SMILES string of the molecule is Clc1cccc(CN2CC(c3nc(Cc4ccccc4)no3)C2)c1.O=C(O)C(=O)O. The Morgan fingerprint density at radius 3 is 2.33 bits per heavy atom. The number of carboxylic acid groups (broad SMARTS) is 2. The van der Waals surface area contributed by atoms with Crippen LogP contribution in [0.15, 0.2) is 59.1 Å². The average Bonchev–Trinajstić information content (AvgIpc) is 3.13. The lowest BCUT2D eigenvalue weighted by atomic mass is 9.99. The monoisotopic (exact) mass is 429 g/mol. The molecule has 30 heavy (non-hydrogen) atoms. The van der Waals surface area contributed by atoms with Crippen LogP contribution in [0.5, 0.6) is 0 Å². The van der Waals surface area contributed by atoms with E-state index in [1.54, 1.807) is 0 Å². The second-order valence-corrected chi connectivity index (χ2v) is 7.28. The number of likely N-dealkylation sites (tertiary alicyclic amines) is 1. The first-order valence-corrected chi connectivity index (χ1v) is 9.58. The van der Waals surface area contributed by atoms with Gasteiger partial charge in [0.05, 0.1) is 5.92 Å². The van der Waals surface area contributed by atoms with Crippen LogP contribution in [-0.2, 0) is 22.6 Å². The van der Waals surface area contributed by atoms with Crippen molar-refractivity contribution in [2.75, 3.05) is 13.1 Å². The van der Waals surface area contributed by atoms with E-state index in [2.05, 4.69) is 33.2 Å². The van der Waals surface area contributed by atoms with Gasteiger partial charge in [0.15, 0.2) is 5.82 Å². The normalized spacial score (nSPS) is 13.8. The quantitative estimate of drug-likeness (QED) is 0.594. The second-order valence-electron chi connectivity index (χ2n) is 6.84. The highest BCUT2D eigenvalue weighted by Crippen LogP contribution is 2.27. The van der Waals surface area contributed by atoms with Gasteiger partial charge in [-0.1, -0.05) is 59.2 Å². The molecule has 1 aromatic heterocycles. The molecule has 0 unspecified atom stereocenters. The fraction of sp³-hybridized carbons (Fsp3) is 0.238. The predicted octanol–water partition coefficient (Wildman–Crippen LogP) is 3.07. The van der Waals surface area contributed by atoms with Crippen molar-refractivity contribution < 1.29 is 24.3 Å². The Hall–Kier alpha value is -3.23. The van der Waals surface area contributed by atoms with E-state index >= 15 is 0 Å². The molecule has 0 radical (unpaired) electrons. The van der Waals surface area contributed by atoms with E-state index in [0.717, 1.165) is 36.4 Å². The molecule has 9 heteroatoms. The van der Waals surface area contributed by atoms with Crippen LogP contribution in [0.2, 0.25) is 5.02 Å². The molecule has 3 aromatic rings. The van der Waals surface area contributed by atoms with Crippen molar-refractivity contribution in [3.8, 4) is 0 Å². The fourth-order valence-electron chi connectivity index (χ4n) is 3.03. The highest BCUT2D eigenvalue weighted by Gasteiger charge is 2.32. The predicted molar refractivity (Wildman–Crippen MR) is 108 cm³/mol. The summed E-state index contributed by atoms with van der Waals surface area (Å²) in [5.74, 6) is -1.81. The van der Waals surface area contributed by atoms with Crippen LogP contribution in [0.3, 0.4) is 0 Å². The number of aromatic nitrogens is 2. The van der Waals surface area contributed by atoms with Gasteiger partial charge in [-0.2, -0.15) is 4.98 Å². The summed E-state index contributed by atoms with van der Waals surface area (Å²) in [5, 5.41) is 19.7. The highest BCUT2D eigenvalue weighted by atomic mass is 35.5. The third-order valence-electron chi connectivity index (χ3n) is 4.47. The van der Waals surface area contributed by atoms with Crippen LogP contribution in [-0.4, -0.2) is 50.3 Å². The number of carboxylic acids is 2. The molecule has 0 aliphatic carbocycles. The summed E-state index contributed by atoms with van der Waals surface area (Å²) in [4.78, 5) is 25.1. The molecule has 0 amide bonds. The van der Waals surface area contributed by atoms with Crippen molar-refractivity contribution in [2.24, 2.45) is 0 Å². The Balaban J connectivity index is 0.000000377. The van der Waals surface area contributed by atoms with Crippen LogP contribution < -0.4 is 0 Å².